The van der Waals surface area contributed by atoms with Gasteiger partial charge in [0.15, 0.2) is 0 Å². The van der Waals surface area contributed by atoms with Gasteiger partial charge in [-0.05, 0) is 18.6 Å². The van der Waals surface area contributed by atoms with Gasteiger partial charge in [0.25, 0.3) is 11.6 Å². The van der Waals surface area contributed by atoms with Crippen molar-refractivity contribution < 1.29 is 14.5 Å². The fraction of sp³-hybridized carbons (Fsp3) is 0.273. The molecule has 0 spiro atoms. The molecule has 1 aromatic rings. The van der Waals surface area contributed by atoms with Gasteiger partial charge in [-0.15, -0.1) is 0 Å². The van der Waals surface area contributed by atoms with Crippen LogP contribution in [-0.2, 0) is 0 Å². The van der Waals surface area contributed by atoms with E-state index in [9.17, 15) is 19.7 Å². The smallest absolute Gasteiger partial charge is 0.333 e. The Morgan fingerprint density at radius 3 is 2.37 bits per heavy atom. The number of hydrazine groups is 1. The van der Waals surface area contributed by atoms with E-state index >= 15 is 0 Å². The highest BCUT2D eigenvalue weighted by molar-refractivity contribution is 5.95. The van der Waals surface area contributed by atoms with Gasteiger partial charge in [0.1, 0.15) is 0 Å². The molecule has 0 aliphatic rings. The summed E-state index contributed by atoms with van der Waals surface area (Å²) in [4.78, 5) is 32.6. The molecule has 0 aromatic heterocycles. The van der Waals surface area contributed by atoms with Gasteiger partial charge in [0.05, 0.1) is 4.92 Å². The highest BCUT2D eigenvalue weighted by Gasteiger charge is 2.09. The molecule has 8 heteroatoms. The molecule has 102 valence electrons. The fourth-order valence-corrected chi connectivity index (χ4v) is 1.20. The molecule has 0 saturated carbocycles. The molecule has 0 aliphatic heterocycles. The number of non-ortho nitro benzene ring substituents is 1. The van der Waals surface area contributed by atoms with Crippen LogP contribution >= 0.6 is 0 Å². The first-order valence-electron chi connectivity index (χ1n) is 5.63. The summed E-state index contributed by atoms with van der Waals surface area (Å²) >= 11 is 0. The Morgan fingerprint density at radius 2 is 1.84 bits per heavy atom. The SMILES string of the molecule is CCCNC(=O)NNC(=O)c1ccc([N+](=O)[O-])cc1. The number of nitrogens with one attached hydrogen (secondary N) is 3. The minimum Gasteiger partial charge on any atom is -0.337 e. The first-order valence-corrected chi connectivity index (χ1v) is 5.63. The van der Waals surface area contributed by atoms with Crippen LogP contribution in [0.3, 0.4) is 0 Å². The second kappa shape index (κ2) is 6.94. The molecular weight excluding hydrogens is 252 g/mol. The molecule has 0 heterocycles. The van der Waals surface area contributed by atoms with Gasteiger partial charge in [-0.2, -0.15) is 0 Å². The molecule has 1 rings (SSSR count). The van der Waals surface area contributed by atoms with E-state index in [0.29, 0.717) is 6.54 Å². The lowest BCUT2D eigenvalue weighted by atomic mass is 10.2. The minimum absolute atomic E-state index is 0.106. The third-order valence-corrected chi connectivity index (χ3v) is 2.17. The lowest BCUT2D eigenvalue weighted by Gasteiger charge is -2.08. The van der Waals surface area contributed by atoms with E-state index in [0.717, 1.165) is 6.42 Å². The summed E-state index contributed by atoms with van der Waals surface area (Å²) in [5.41, 5.74) is 4.46. The van der Waals surface area contributed by atoms with E-state index < -0.39 is 16.9 Å². The van der Waals surface area contributed by atoms with Gasteiger partial charge in [-0.3, -0.25) is 20.3 Å². The van der Waals surface area contributed by atoms with Crippen LogP contribution in [-0.4, -0.2) is 23.4 Å². The zero-order chi connectivity index (χ0) is 14.3. The number of hydrogen-bond donors (Lipinski definition) is 3. The average molecular weight is 266 g/mol. The molecule has 0 fully saturated rings. The maximum Gasteiger partial charge on any atom is 0.333 e. The first-order chi connectivity index (χ1) is 9.04. The van der Waals surface area contributed by atoms with E-state index in [1.807, 2.05) is 6.92 Å². The topological polar surface area (TPSA) is 113 Å². The van der Waals surface area contributed by atoms with E-state index in [4.69, 9.17) is 0 Å². The predicted molar refractivity (Wildman–Crippen MR) is 67.4 cm³/mol. The minimum atomic E-state index is -0.557. The van der Waals surface area contributed by atoms with Gasteiger partial charge in [-0.1, -0.05) is 6.92 Å². The normalized spacial score (nSPS) is 9.53. The van der Waals surface area contributed by atoms with Crippen molar-refractivity contribution in [1.29, 1.82) is 0 Å². The molecular formula is C11H14N4O4. The van der Waals surface area contributed by atoms with Crippen molar-refractivity contribution in [2.45, 2.75) is 13.3 Å². The number of carbonyl (C=O) groups excluding carboxylic acids is 2. The van der Waals surface area contributed by atoms with E-state index in [-0.39, 0.29) is 11.3 Å². The zero-order valence-corrected chi connectivity index (χ0v) is 10.3. The summed E-state index contributed by atoms with van der Waals surface area (Å²) in [6.07, 6.45) is 0.781. The van der Waals surface area contributed by atoms with Crippen LogP contribution in [0.2, 0.25) is 0 Å². The second-order valence-corrected chi connectivity index (χ2v) is 3.64. The van der Waals surface area contributed by atoms with Crippen molar-refractivity contribution in [1.82, 2.24) is 16.2 Å². The molecule has 0 unspecified atom stereocenters. The highest BCUT2D eigenvalue weighted by atomic mass is 16.6. The Balaban J connectivity index is 2.49. The maximum atomic E-state index is 11.6. The Labute approximate surface area is 109 Å². The van der Waals surface area contributed by atoms with Gasteiger partial charge in [-0.25, -0.2) is 10.2 Å². The van der Waals surface area contributed by atoms with Crippen molar-refractivity contribution in [3.8, 4) is 0 Å². The third-order valence-electron chi connectivity index (χ3n) is 2.17. The molecule has 19 heavy (non-hydrogen) atoms. The lowest BCUT2D eigenvalue weighted by molar-refractivity contribution is -0.384. The number of nitrogens with zero attached hydrogens (tertiary/aromatic N) is 1. The molecule has 1 aromatic carbocycles. The zero-order valence-electron chi connectivity index (χ0n) is 10.3. The molecule has 0 bridgehead atoms. The van der Waals surface area contributed by atoms with Gasteiger partial charge in [0, 0.05) is 24.2 Å². The molecule has 0 radical (unpaired) electrons. The van der Waals surface area contributed by atoms with Crippen LogP contribution < -0.4 is 16.2 Å². The molecule has 0 atom stereocenters. The summed E-state index contributed by atoms with van der Waals surface area (Å²) in [6.45, 7) is 2.40. The summed E-state index contributed by atoms with van der Waals surface area (Å²) in [7, 11) is 0. The standard InChI is InChI=1S/C11H14N4O4/c1-2-7-12-11(17)14-13-10(16)8-3-5-9(6-4-8)15(18)19/h3-6H,2,7H2,1H3,(H,13,16)(H2,12,14,17). The second-order valence-electron chi connectivity index (χ2n) is 3.64. The Morgan fingerprint density at radius 1 is 1.21 bits per heavy atom. The Kier molecular flexibility index (Phi) is 5.27. The molecule has 3 amide bonds. The third kappa shape index (κ3) is 4.62. The number of amides is 3. The van der Waals surface area contributed by atoms with Crippen LogP contribution in [0.1, 0.15) is 23.7 Å². The van der Waals surface area contributed by atoms with Crippen molar-refractivity contribution in [2.75, 3.05) is 6.54 Å². The Hall–Kier alpha value is -2.64. The van der Waals surface area contributed by atoms with Gasteiger partial charge in [0.2, 0.25) is 0 Å². The van der Waals surface area contributed by atoms with Crippen LogP contribution in [0.15, 0.2) is 24.3 Å². The average Bonchev–Trinajstić information content (AvgIpc) is 2.42. The van der Waals surface area contributed by atoms with E-state index in [1.54, 1.807) is 0 Å². The Bertz CT molecular complexity index is 472. The largest absolute Gasteiger partial charge is 0.337 e. The monoisotopic (exact) mass is 266 g/mol. The number of nitro groups is 1. The van der Waals surface area contributed by atoms with Crippen LogP contribution in [0, 0.1) is 10.1 Å². The quantitative estimate of drug-likeness (QED) is 0.556. The first kappa shape index (κ1) is 14.4. The molecule has 8 nitrogen and oxygen atoms in total. The summed E-state index contributed by atoms with van der Waals surface area (Å²) < 4.78 is 0. The lowest BCUT2D eigenvalue weighted by Crippen LogP contribution is -2.47. The van der Waals surface area contributed by atoms with Crippen molar-refractivity contribution in [2.24, 2.45) is 0 Å². The number of benzene rings is 1. The van der Waals surface area contributed by atoms with Crippen molar-refractivity contribution >= 4 is 17.6 Å². The molecule has 3 N–H and O–H groups in total. The van der Waals surface area contributed by atoms with Crippen LogP contribution in [0.4, 0.5) is 10.5 Å². The number of hydrogen-bond acceptors (Lipinski definition) is 4. The number of nitro benzene ring substituents is 1. The van der Waals surface area contributed by atoms with Crippen LogP contribution in [0.25, 0.3) is 0 Å². The number of carbonyl (C=O) groups is 2. The maximum absolute atomic E-state index is 11.6. The molecule has 0 saturated heterocycles. The fourth-order valence-electron chi connectivity index (χ4n) is 1.20. The van der Waals surface area contributed by atoms with Crippen molar-refractivity contribution in [3.63, 3.8) is 0 Å². The van der Waals surface area contributed by atoms with E-state index in [1.165, 1.54) is 24.3 Å². The predicted octanol–water partition coefficient (Wildman–Crippen LogP) is 0.949. The van der Waals surface area contributed by atoms with Crippen LogP contribution in [0.5, 0.6) is 0 Å². The number of rotatable bonds is 4. The highest BCUT2D eigenvalue weighted by Crippen LogP contribution is 2.11. The van der Waals surface area contributed by atoms with Gasteiger partial charge >= 0.3 is 6.03 Å². The van der Waals surface area contributed by atoms with Gasteiger partial charge < -0.3 is 5.32 Å². The summed E-state index contributed by atoms with van der Waals surface area (Å²) in [5, 5.41) is 12.9. The summed E-state index contributed by atoms with van der Waals surface area (Å²) in [6, 6.07) is 4.52. The molecule has 0 aliphatic carbocycles. The summed E-state index contributed by atoms with van der Waals surface area (Å²) in [5.74, 6) is -0.554. The number of urea groups is 1. The van der Waals surface area contributed by atoms with Crippen molar-refractivity contribution in [3.05, 3.63) is 39.9 Å². The van der Waals surface area contributed by atoms with E-state index in [2.05, 4.69) is 16.2 Å².